The highest BCUT2D eigenvalue weighted by molar-refractivity contribution is 6.05. The van der Waals surface area contributed by atoms with Gasteiger partial charge >= 0.3 is 0 Å². The van der Waals surface area contributed by atoms with E-state index in [0.717, 1.165) is 26.1 Å². The van der Waals surface area contributed by atoms with E-state index < -0.39 is 0 Å². The third-order valence-corrected chi connectivity index (χ3v) is 3.68. The highest BCUT2D eigenvalue weighted by atomic mass is 16.5. The number of nitrogens with zero attached hydrogens (tertiary/aromatic N) is 3. The van der Waals surface area contributed by atoms with Gasteiger partial charge in [-0.25, -0.2) is 0 Å². The molecule has 1 N–H and O–H groups in total. The van der Waals surface area contributed by atoms with E-state index in [1.54, 1.807) is 20.0 Å². The van der Waals surface area contributed by atoms with Gasteiger partial charge in [-0.3, -0.25) is 9.48 Å². The largest absolute Gasteiger partial charge is 0.381 e. The van der Waals surface area contributed by atoms with Crippen LogP contribution in [0.15, 0.2) is 16.9 Å². The van der Waals surface area contributed by atoms with Crippen LogP contribution >= 0.6 is 0 Å². The van der Waals surface area contributed by atoms with Crippen molar-refractivity contribution in [2.75, 3.05) is 18.5 Å². The molecule has 1 fully saturated rings. The van der Waals surface area contributed by atoms with Crippen molar-refractivity contribution in [3.63, 3.8) is 0 Å². The van der Waals surface area contributed by atoms with Crippen molar-refractivity contribution in [1.82, 2.24) is 14.9 Å². The first-order valence-corrected chi connectivity index (χ1v) is 7.01. The summed E-state index contributed by atoms with van der Waals surface area (Å²) >= 11 is 0. The minimum absolute atomic E-state index is 0.224. The maximum Gasteiger partial charge on any atom is 0.261 e. The number of hydrogen-bond donors (Lipinski definition) is 1. The Hall–Kier alpha value is -2.15. The molecule has 7 nitrogen and oxygen atoms in total. The van der Waals surface area contributed by atoms with Gasteiger partial charge in [0.25, 0.3) is 5.91 Å². The van der Waals surface area contributed by atoms with E-state index >= 15 is 0 Å². The molecule has 3 rings (SSSR count). The second kappa shape index (κ2) is 5.69. The molecular weight excluding hydrogens is 272 g/mol. The lowest BCUT2D eigenvalue weighted by molar-refractivity contribution is 0.0662. The van der Waals surface area contributed by atoms with Crippen LogP contribution < -0.4 is 5.32 Å². The quantitative estimate of drug-likeness (QED) is 0.936. The number of nitrogens with one attached hydrogen (secondary N) is 1. The molecule has 0 aromatic carbocycles. The van der Waals surface area contributed by atoms with Gasteiger partial charge in [-0.15, -0.1) is 0 Å². The first kappa shape index (κ1) is 13.8. The summed E-state index contributed by atoms with van der Waals surface area (Å²) in [6.45, 7) is 4.98. The van der Waals surface area contributed by atoms with Gasteiger partial charge in [0.15, 0.2) is 0 Å². The average Bonchev–Trinajstić information content (AvgIpc) is 3.07. The zero-order chi connectivity index (χ0) is 14.8. The predicted octanol–water partition coefficient (Wildman–Crippen LogP) is 2.09. The van der Waals surface area contributed by atoms with Crippen LogP contribution in [0, 0.1) is 13.8 Å². The van der Waals surface area contributed by atoms with Gasteiger partial charge in [-0.05, 0) is 26.7 Å². The molecule has 1 saturated heterocycles. The zero-order valence-electron chi connectivity index (χ0n) is 12.1. The third-order valence-electron chi connectivity index (χ3n) is 3.68. The smallest absolute Gasteiger partial charge is 0.261 e. The monoisotopic (exact) mass is 290 g/mol. The second-order valence-electron chi connectivity index (χ2n) is 5.21. The lowest BCUT2D eigenvalue weighted by Gasteiger charge is -2.22. The lowest BCUT2D eigenvalue weighted by Crippen LogP contribution is -2.19. The van der Waals surface area contributed by atoms with E-state index in [4.69, 9.17) is 9.26 Å². The molecule has 0 bridgehead atoms. The van der Waals surface area contributed by atoms with Gasteiger partial charge in [0.2, 0.25) is 0 Å². The summed E-state index contributed by atoms with van der Waals surface area (Å²) in [6.07, 6.45) is 5.40. The summed E-state index contributed by atoms with van der Waals surface area (Å²) in [5, 5.41) is 10.9. The Morgan fingerprint density at radius 1 is 1.38 bits per heavy atom. The molecule has 7 heteroatoms. The predicted molar refractivity (Wildman–Crippen MR) is 75.2 cm³/mol. The van der Waals surface area contributed by atoms with E-state index in [1.165, 1.54) is 0 Å². The Balaban J connectivity index is 1.71. The Kier molecular flexibility index (Phi) is 3.74. The van der Waals surface area contributed by atoms with E-state index in [0.29, 0.717) is 28.7 Å². The van der Waals surface area contributed by atoms with E-state index in [-0.39, 0.29) is 5.91 Å². The number of ether oxygens (including phenoxy) is 1. The number of rotatable bonds is 3. The summed E-state index contributed by atoms with van der Waals surface area (Å²) < 4.78 is 12.2. The number of carbonyl (C=O) groups is 1. The molecule has 2 aromatic heterocycles. The van der Waals surface area contributed by atoms with Gasteiger partial charge in [-0.2, -0.15) is 5.10 Å². The molecular formula is C14H18N4O3. The summed E-state index contributed by atoms with van der Waals surface area (Å²) in [7, 11) is 0. The third kappa shape index (κ3) is 2.82. The molecule has 0 aliphatic carbocycles. The van der Waals surface area contributed by atoms with E-state index in [2.05, 4.69) is 15.6 Å². The van der Waals surface area contributed by atoms with Crippen molar-refractivity contribution in [2.24, 2.45) is 0 Å². The Morgan fingerprint density at radius 3 is 2.81 bits per heavy atom. The number of amides is 1. The number of anilines is 1. The van der Waals surface area contributed by atoms with Crippen LogP contribution in [0.1, 0.15) is 40.7 Å². The van der Waals surface area contributed by atoms with Crippen LogP contribution in [0.2, 0.25) is 0 Å². The van der Waals surface area contributed by atoms with Crippen LogP contribution in [0.4, 0.5) is 5.69 Å². The molecule has 0 spiro atoms. The van der Waals surface area contributed by atoms with Gasteiger partial charge in [0.1, 0.15) is 11.3 Å². The van der Waals surface area contributed by atoms with Crippen LogP contribution in [-0.4, -0.2) is 34.1 Å². The number of carbonyl (C=O) groups excluding carboxylic acids is 1. The number of aromatic nitrogens is 3. The van der Waals surface area contributed by atoms with Crippen molar-refractivity contribution in [3.05, 3.63) is 29.4 Å². The molecule has 1 amide bonds. The molecule has 1 aliphatic rings. The topological polar surface area (TPSA) is 82.2 Å². The van der Waals surface area contributed by atoms with Crippen LogP contribution in [0.25, 0.3) is 0 Å². The average molecular weight is 290 g/mol. The van der Waals surface area contributed by atoms with Crippen LogP contribution in [0.5, 0.6) is 0 Å². The first-order chi connectivity index (χ1) is 10.1. The first-order valence-electron chi connectivity index (χ1n) is 7.01. The maximum atomic E-state index is 12.2. The van der Waals surface area contributed by atoms with E-state index in [9.17, 15) is 4.79 Å². The minimum Gasteiger partial charge on any atom is -0.381 e. The van der Waals surface area contributed by atoms with Gasteiger partial charge in [0, 0.05) is 19.4 Å². The van der Waals surface area contributed by atoms with Gasteiger partial charge in [-0.1, -0.05) is 5.16 Å². The Morgan fingerprint density at radius 2 is 2.14 bits per heavy atom. The number of hydrogen-bond acceptors (Lipinski definition) is 5. The van der Waals surface area contributed by atoms with Crippen LogP contribution in [0.3, 0.4) is 0 Å². The van der Waals surface area contributed by atoms with Crippen molar-refractivity contribution >= 4 is 11.6 Å². The van der Waals surface area contributed by atoms with E-state index in [1.807, 2.05) is 10.9 Å². The highest BCUT2D eigenvalue weighted by Gasteiger charge is 2.20. The molecule has 112 valence electrons. The highest BCUT2D eigenvalue weighted by Crippen LogP contribution is 2.22. The SMILES string of the molecule is Cc1noc(C)c1C(=O)Nc1cnn(C2CCOCC2)c1. The lowest BCUT2D eigenvalue weighted by atomic mass is 10.1. The van der Waals surface area contributed by atoms with Crippen LogP contribution in [-0.2, 0) is 4.74 Å². The molecule has 0 unspecified atom stereocenters. The van der Waals surface area contributed by atoms with Crippen molar-refractivity contribution in [2.45, 2.75) is 32.7 Å². The zero-order valence-corrected chi connectivity index (χ0v) is 12.1. The number of aryl methyl sites for hydroxylation is 2. The van der Waals surface area contributed by atoms with Crippen molar-refractivity contribution < 1.29 is 14.1 Å². The summed E-state index contributed by atoms with van der Waals surface area (Å²) in [5.41, 5.74) is 1.74. The van der Waals surface area contributed by atoms with Gasteiger partial charge < -0.3 is 14.6 Å². The summed E-state index contributed by atoms with van der Waals surface area (Å²) in [5.74, 6) is 0.291. The minimum atomic E-state index is -0.224. The molecule has 0 saturated carbocycles. The fourth-order valence-corrected chi connectivity index (χ4v) is 2.55. The Labute approximate surface area is 122 Å². The molecule has 2 aromatic rings. The molecule has 3 heterocycles. The Bertz CT molecular complexity index is 621. The molecule has 0 atom stereocenters. The van der Waals surface area contributed by atoms with Crippen molar-refractivity contribution in [3.8, 4) is 0 Å². The maximum absolute atomic E-state index is 12.2. The normalized spacial score (nSPS) is 16.1. The summed E-state index contributed by atoms with van der Waals surface area (Å²) in [4.78, 5) is 12.2. The van der Waals surface area contributed by atoms with Gasteiger partial charge in [0.05, 0.1) is 23.6 Å². The standard InChI is InChI=1S/C14H18N4O3/c1-9-13(10(2)21-17-9)14(19)16-11-7-15-18(8-11)12-3-5-20-6-4-12/h7-8,12H,3-6H2,1-2H3,(H,16,19). The fourth-order valence-electron chi connectivity index (χ4n) is 2.55. The molecule has 1 aliphatic heterocycles. The molecule has 21 heavy (non-hydrogen) atoms. The summed E-state index contributed by atoms with van der Waals surface area (Å²) in [6, 6.07) is 0.337. The van der Waals surface area contributed by atoms with Crippen molar-refractivity contribution in [1.29, 1.82) is 0 Å². The fraction of sp³-hybridized carbons (Fsp3) is 0.500. The molecule has 0 radical (unpaired) electrons. The second-order valence-corrected chi connectivity index (χ2v) is 5.21.